The van der Waals surface area contributed by atoms with Gasteiger partial charge in [-0.3, -0.25) is 0 Å². The minimum atomic E-state index is -1.44. The fourth-order valence-electron chi connectivity index (χ4n) is 1.65. The lowest BCUT2D eigenvalue weighted by Crippen LogP contribution is -2.26. The van der Waals surface area contributed by atoms with Gasteiger partial charge in [0, 0.05) is 0 Å². The quantitative estimate of drug-likeness (QED) is 0.125. The number of ether oxygens (including phenoxy) is 2. The molecule has 2 atom stereocenters. The first kappa shape index (κ1) is 31.3. The lowest BCUT2D eigenvalue weighted by molar-refractivity contribution is -0.514. The van der Waals surface area contributed by atoms with Gasteiger partial charge in [0.25, 0.3) is 6.29 Å². The van der Waals surface area contributed by atoms with Crippen LogP contribution in [0.1, 0.15) is 81.1 Å². The highest BCUT2D eigenvalue weighted by Gasteiger charge is 2.17. The molecule has 0 heterocycles. The standard InChI is InChI=1S/C13H26O5.C8H14O5/c1-6-8-9-11(7-2)10-15-12(14)16-18-17-13(3,4)5;1-5-6(11-7(9)10)12-13-8(2,3)4/h11H,6-10H2,1-5H3;5-6H,1H2,2-4H3,(H,9,10). The van der Waals surface area contributed by atoms with Crippen molar-refractivity contribution in [3.05, 3.63) is 12.7 Å². The van der Waals surface area contributed by atoms with Crippen molar-refractivity contribution >= 4 is 12.3 Å². The summed E-state index contributed by atoms with van der Waals surface area (Å²) in [5.74, 6) is 0.376. The molecule has 10 heteroatoms. The van der Waals surface area contributed by atoms with Gasteiger partial charge in [0.15, 0.2) is 0 Å². The van der Waals surface area contributed by atoms with Crippen LogP contribution in [-0.4, -0.2) is 41.5 Å². The minimum absolute atomic E-state index is 0.355. The summed E-state index contributed by atoms with van der Waals surface area (Å²) in [6, 6.07) is 0. The van der Waals surface area contributed by atoms with Crippen LogP contribution in [0.2, 0.25) is 0 Å². The lowest BCUT2D eigenvalue weighted by Gasteiger charge is -2.20. The van der Waals surface area contributed by atoms with Crippen LogP contribution in [0.5, 0.6) is 0 Å². The summed E-state index contributed by atoms with van der Waals surface area (Å²) in [7, 11) is 0. The van der Waals surface area contributed by atoms with Crippen molar-refractivity contribution in [2.24, 2.45) is 5.92 Å². The van der Waals surface area contributed by atoms with Crippen LogP contribution >= 0.6 is 0 Å². The van der Waals surface area contributed by atoms with Gasteiger partial charge in [-0.1, -0.05) is 39.7 Å². The molecule has 2 unspecified atom stereocenters. The Labute approximate surface area is 185 Å². The Bertz CT molecular complexity index is 493. The topological polar surface area (TPSA) is 119 Å². The highest BCUT2D eigenvalue weighted by molar-refractivity contribution is 5.58. The molecule has 0 aromatic carbocycles. The third kappa shape index (κ3) is 24.3. The Hall–Kier alpha value is -1.88. The van der Waals surface area contributed by atoms with E-state index in [0.717, 1.165) is 25.7 Å². The van der Waals surface area contributed by atoms with Gasteiger partial charge < -0.3 is 14.6 Å². The molecule has 184 valence electrons. The van der Waals surface area contributed by atoms with Crippen LogP contribution in [0.25, 0.3) is 0 Å². The highest BCUT2D eigenvalue weighted by Crippen LogP contribution is 2.14. The molecule has 0 aliphatic carbocycles. The molecule has 0 amide bonds. The molecule has 1 N–H and O–H groups in total. The zero-order chi connectivity index (χ0) is 24.5. The molecular formula is C21H40O10. The largest absolute Gasteiger partial charge is 0.542 e. The predicted molar refractivity (Wildman–Crippen MR) is 113 cm³/mol. The Morgan fingerprint density at radius 2 is 1.61 bits per heavy atom. The summed E-state index contributed by atoms with van der Waals surface area (Å²) in [6.45, 7) is 18.5. The molecule has 0 spiro atoms. The van der Waals surface area contributed by atoms with Crippen molar-refractivity contribution in [1.29, 1.82) is 0 Å². The SMILES string of the molecule is C=CC(OOC(C)(C)C)OC(=O)O.CCCCC(CC)COC(=O)OOOC(C)(C)C. The van der Waals surface area contributed by atoms with Crippen molar-refractivity contribution in [2.45, 2.75) is 98.6 Å². The van der Waals surface area contributed by atoms with Gasteiger partial charge in [-0.05, 0) is 65.0 Å². The maximum Gasteiger partial charge on any atom is 0.542 e. The van der Waals surface area contributed by atoms with E-state index < -0.39 is 29.8 Å². The van der Waals surface area contributed by atoms with Crippen molar-refractivity contribution in [3.63, 3.8) is 0 Å². The summed E-state index contributed by atoms with van der Waals surface area (Å²) in [4.78, 5) is 39.8. The third-order valence-electron chi connectivity index (χ3n) is 3.17. The molecule has 0 rings (SSSR count). The predicted octanol–water partition coefficient (Wildman–Crippen LogP) is 5.96. The number of rotatable bonds is 12. The monoisotopic (exact) mass is 452 g/mol. The number of carbonyl (C=O) groups excluding carboxylic acids is 1. The molecule has 0 radical (unpaired) electrons. The molecule has 0 saturated carbocycles. The van der Waals surface area contributed by atoms with Gasteiger partial charge in [-0.15, -0.1) is 0 Å². The highest BCUT2D eigenvalue weighted by atomic mass is 17.5. The molecule has 0 fully saturated rings. The number of hydrogen-bond donors (Lipinski definition) is 1. The molecule has 0 aliphatic rings. The second-order valence-corrected chi connectivity index (χ2v) is 8.60. The van der Waals surface area contributed by atoms with E-state index in [0.29, 0.717) is 12.5 Å². The van der Waals surface area contributed by atoms with E-state index >= 15 is 0 Å². The molecule has 31 heavy (non-hydrogen) atoms. The third-order valence-corrected chi connectivity index (χ3v) is 3.17. The van der Waals surface area contributed by atoms with E-state index in [1.165, 1.54) is 6.08 Å². The van der Waals surface area contributed by atoms with E-state index in [9.17, 15) is 9.59 Å². The maximum absolute atomic E-state index is 11.2. The number of carboxylic acid groups (broad SMARTS) is 1. The van der Waals surface area contributed by atoms with Crippen LogP contribution in [-0.2, 0) is 34.1 Å². The van der Waals surface area contributed by atoms with Gasteiger partial charge in [0.2, 0.25) is 0 Å². The smallest absolute Gasteiger partial charge is 0.450 e. The second kappa shape index (κ2) is 16.8. The average molecular weight is 453 g/mol. The van der Waals surface area contributed by atoms with Crippen molar-refractivity contribution in [1.82, 2.24) is 0 Å². The number of carbonyl (C=O) groups is 2. The Morgan fingerprint density at radius 3 is 2.03 bits per heavy atom. The first-order valence-electron chi connectivity index (χ1n) is 10.3. The fraction of sp³-hybridized carbons (Fsp3) is 0.810. The van der Waals surface area contributed by atoms with Crippen molar-refractivity contribution in [3.8, 4) is 0 Å². The zero-order valence-electron chi connectivity index (χ0n) is 20.1. The van der Waals surface area contributed by atoms with E-state index in [4.69, 9.17) is 19.6 Å². The normalized spacial score (nSPS) is 13.3. The van der Waals surface area contributed by atoms with Gasteiger partial charge in [-0.2, -0.15) is 9.78 Å². The molecule has 0 aromatic heterocycles. The Morgan fingerprint density at radius 1 is 1.03 bits per heavy atom. The van der Waals surface area contributed by atoms with E-state index in [1.54, 1.807) is 41.5 Å². The van der Waals surface area contributed by atoms with Crippen molar-refractivity contribution in [2.75, 3.05) is 6.61 Å². The van der Waals surface area contributed by atoms with Gasteiger partial charge in [-0.25, -0.2) is 19.4 Å². The average Bonchev–Trinajstić information content (AvgIpc) is 2.63. The van der Waals surface area contributed by atoms with E-state index in [1.807, 2.05) is 0 Å². The molecule has 0 saturated heterocycles. The summed E-state index contributed by atoms with van der Waals surface area (Å²) >= 11 is 0. The first-order chi connectivity index (χ1) is 14.2. The van der Waals surface area contributed by atoms with Gasteiger partial charge in [0.05, 0.1) is 17.8 Å². The summed E-state index contributed by atoms with van der Waals surface area (Å²) in [5, 5.41) is 12.6. The summed E-state index contributed by atoms with van der Waals surface area (Å²) < 4.78 is 9.19. The van der Waals surface area contributed by atoms with Gasteiger partial charge in [0.1, 0.15) is 0 Å². The number of hydrogen-bond acceptors (Lipinski definition) is 9. The first-order valence-corrected chi connectivity index (χ1v) is 10.3. The van der Waals surface area contributed by atoms with Crippen LogP contribution in [0, 0.1) is 5.92 Å². The van der Waals surface area contributed by atoms with Crippen LogP contribution in [0.15, 0.2) is 12.7 Å². The molecule has 0 aliphatic heterocycles. The van der Waals surface area contributed by atoms with Crippen LogP contribution < -0.4 is 0 Å². The minimum Gasteiger partial charge on any atom is -0.450 e. The van der Waals surface area contributed by atoms with E-state index in [-0.39, 0.29) is 0 Å². The Balaban J connectivity index is 0. The van der Waals surface area contributed by atoms with Gasteiger partial charge >= 0.3 is 12.3 Å². The molecule has 0 aromatic rings. The number of unbranched alkanes of at least 4 members (excludes halogenated alkanes) is 1. The fourth-order valence-corrected chi connectivity index (χ4v) is 1.65. The van der Waals surface area contributed by atoms with Crippen molar-refractivity contribution < 1.29 is 48.8 Å². The summed E-state index contributed by atoms with van der Waals surface area (Å²) in [5.41, 5.74) is -1.06. The molecule has 10 nitrogen and oxygen atoms in total. The second-order valence-electron chi connectivity index (χ2n) is 8.60. The zero-order valence-corrected chi connectivity index (χ0v) is 20.1. The Kier molecular flexibility index (Phi) is 16.9. The molecule has 0 bridgehead atoms. The molecular weight excluding hydrogens is 412 g/mol. The summed E-state index contributed by atoms with van der Waals surface area (Å²) in [6.07, 6.45) is 2.09. The lowest BCUT2D eigenvalue weighted by atomic mass is 10.0. The maximum atomic E-state index is 11.2. The van der Waals surface area contributed by atoms with Crippen LogP contribution in [0.3, 0.4) is 0 Å². The van der Waals surface area contributed by atoms with E-state index in [2.05, 4.69) is 40.0 Å². The van der Waals surface area contributed by atoms with Crippen LogP contribution in [0.4, 0.5) is 9.59 Å².